The summed E-state index contributed by atoms with van der Waals surface area (Å²) in [7, 11) is 0. The summed E-state index contributed by atoms with van der Waals surface area (Å²) in [6.45, 7) is 9.29. The minimum Gasteiger partial charge on any atom is -0.444 e. The molecule has 1 aromatic carbocycles. The summed E-state index contributed by atoms with van der Waals surface area (Å²) < 4.78 is 11.2. The van der Waals surface area contributed by atoms with Crippen LogP contribution in [-0.4, -0.2) is 46.2 Å². The van der Waals surface area contributed by atoms with Crippen molar-refractivity contribution in [3.05, 3.63) is 42.0 Å². The Hall–Kier alpha value is -1.85. The Morgan fingerprint density at radius 3 is 2.58 bits per heavy atom. The van der Waals surface area contributed by atoms with Gasteiger partial charge in [0, 0.05) is 0 Å². The second kappa shape index (κ2) is 6.95. The zero-order valence-electron chi connectivity index (χ0n) is 15.0. The van der Waals surface area contributed by atoms with Crippen LogP contribution in [0.3, 0.4) is 0 Å². The summed E-state index contributed by atoms with van der Waals surface area (Å²) in [5.41, 5.74) is -0.446. The van der Waals surface area contributed by atoms with Crippen molar-refractivity contribution in [2.45, 2.75) is 58.1 Å². The summed E-state index contributed by atoms with van der Waals surface area (Å²) in [6, 6.07) is 9.20. The van der Waals surface area contributed by atoms with Crippen molar-refractivity contribution < 1.29 is 19.4 Å². The third-order valence-corrected chi connectivity index (χ3v) is 3.79. The van der Waals surface area contributed by atoms with Crippen LogP contribution in [0, 0.1) is 0 Å². The quantitative estimate of drug-likeness (QED) is 0.920. The minimum absolute atomic E-state index is 0.256. The van der Waals surface area contributed by atoms with E-state index in [2.05, 4.69) is 0 Å². The van der Waals surface area contributed by atoms with E-state index in [0.29, 0.717) is 0 Å². The molecule has 1 saturated heterocycles. The van der Waals surface area contributed by atoms with Crippen LogP contribution in [-0.2, 0) is 9.47 Å². The second-order valence-electron chi connectivity index (χ2n) is 7.44. The normalized spacial score (nSPS) is 21.9. The van der Waals surface area contributed by atoms with E-state index >= 15 is 0 Å². The average molecular weight is 333 g/mol. The highest BCUT2D eigenvalue weighted by atomic mass is 16.6. The highest BCUT2D eigenvalue weighted by Gasteiger charge is 2.47. The Morgan fingerprint density at radius 1 is 1.38 bits per heavy atom. The van der Waals surface area contributed by atoms with Gasteiger partial charge in [0.2, 0.25) is 0 Å². The molecule has 1 aliphatic heterocycles. The van der Waals surface area contributed by atoms with E-state index in [0.717, 1.165) is 5.56 Å². The molecule has 0 aliphatic carbocycles. The summed E-state index contributed by atoms with van der Waals surface area (Å²) in [6.07, 6.45) is 2.19. The minimum atomic E-state index is -0.848. The molecule has 1 N–H and O–H groups in total. The summed E-state index contributed by atoms with van der Waals surface area (Å²) >= 11 is 0. The van der Waals surface area contributed by atoms with Crippen LogP contribution >= 0.6 is 0 Å². The third kappa shape index (κ3) is 4.58. The van der Waals surface area contributed by atoms with Crippen molar-refractivity contribution in [1.82, 2.24) is 4.90 Å². The maximum Gasteiger partial charge on any atom is 0.413 e. The van der Waals surface area contributed by atoms with Gasteiger partial charge in [0.05, 0.1) is 18.8 Å². The molecule has 1 amide bonds. The maximum absolute atomic E-state index is 12.6. The van der Waals surface area contributed by atoms with Crippen molar-refractivity contribution in [2.75, 3.05) is 6.61 Å². The van der Waals surface area contributed by atoms with Crippen LogP contribution < -0.4 is 0 Å². The van der Waals surface area contributed by atoms with E-state index in [4.69, 9.17) is 9.47 Å². The van der Waals surface area contributed by atoms with Crippen LogP contribution in [0.25, 0.3) is 6.08 Å². The first-order chi connectivity index (χ1) is 11.1. The van der Waals surface area contributed by atoms with Crippen LogP contribution in [0.15, 0.2) is 36.4 Å². The number of nitrogens with zero attached hydrogens (tertiary/aromatic N) is 1. The van der Waals surface area contributed by atoms with Gasteiger partial charge in [-0.2, -0.15) is 0 Å². The molecule has 132 valence electrons. The average Bonchev–Trinajstić information content (AvgIpc) is 2.79. The smallest absolute Gasteiger partial charge is 0.413 e. The van der Waals surface area contributed by atoms with Crippen molar-refractivity contribution in [1.29, 1.82) is 0 Å². The Kier molecular flexibility index (Phi) is 5.35. The zero-order chi connectivity index (χ0) is 18.0. The summed E-state index contributed by atoms with van der Waals surface area (Å²) in [4.78, 5) is 14.0. The number of aliphatic hydroxyl groups is 1. The monoisotopic (exact) mass is 333 g/mol. The van der Waals surface area contributed by atoms with Crippen molar-refractivity contribution >= 4 is 12.2 Å². The molecule has 0 unspecified atom stereocenters. The van der Waals surface area contributed by atoms with Gasteiger partial charge in [0.15, 0.2) is 0 Å². The number of ether oxygens (including phenoxy) is 2. The van der Waals surface area contributed by atoms with E-state index in [1.165, 1.54) is 4.90 Å². The molecule has 1 aromatic rings. The van der Waals surface area contributed by atoms with Gasteiger partial charge in [-0.15, -0.1) is 0 Å². The zero-order valence-corrected chi connectivity index (χ0v) is 15.0. The Balaban J connectivity index is 2.15. The van der Waals surface area contributed by atoms with Gasteiger partial charge >= 0.3 is 6.09 Å². The number of rotatable bonds is 3. The second-order valence-corrected chi connectivity index (χ2v) is 7.44. The van der Waals surface area contributed by atoms with E-state index < -0.39 is 29.6 Å². The van der Waals surface area contributed by atoms with Gasteiger partial charge in [0.25, 0.3) is 0 Å². The van der Waals surface area contributed by atoms with E-state index in [9.17, 15) is 9.90 Å². The molecule has 2 atom stereocenters. The van der Waals surface area contributed by atoms with Crippen molar-refractivity contribution in [3.63, 3.8) is 0 Å². The Morgan fingerprint density at radius 2 is 2.00 bits per heavy atom. The number of aliphatic hydroxyl groups excluding tert-OH is 1. The maximum atomic E-state index is 12.6. The molecule has 1 heterocycles. The predicted molar refractivity (Wildman–Crippen MR) is 93.4 cm³/mol. The molecule has 1 aliphatic rings. The van der Waals surface area contributed by atoms with Crippen LogP contribution in [0.1, 0.15) is 40.2 Å². The lowest BCUT2D eigenvalue weighted by atomic mass is 10.1. The lowest BCUT2D eigenvalue weighted by Crippen LogP contribution is -2.53. The highest BCUT2D eigenvalue weighted by Crippen LogP contribution is 2.31. The number of benzene rings is 1. The number of hydrogen-bond acceptors (Lipinski definition) is 4. The van der Waals surface area contributed by atoms with Gasteiger partial charge in [-0.25, -0.2) is 4.79 Å². The molecule has 0 radical (unpaired) electrons. The Labute approximate surface area is 143 Å². The summed E-state index contributed by atoms with van der Waals surface area (Å²) in [5.74, 6) is 0. The van der Waals surface area contributed by atoms with E-state index in [1.54, 1.807) is 19.9 Å². The van der Waals surface area contributed by atoms with Gasteiger partial charge < -0.3 is 14.6 Å². The van der Waals surface area contributed by atoms with Crippen molar-refractivity contribution in [2.24, 2.45) is 0 Å². The molecule has 0 bridgehead atoms. The van der Waals surface area contributed by atoms with Crippen molar-refractivity contribution in [3.8, 4) is 0 Å². The third-order valence-electron chi connectivity index (χ3n) is 3.79. The number of carbonyl (C=O) groups excluding carboxylic acids is 1. The molecule has 2 rings (SSSR count). The predicted octanol–water partition coefficient (Wildman–Crippen LogP) is 3.43. The van der Waals surface area contributed by atoms with Gasteiger partial charge in [-0.1, -0.05) is 42.5 Å². The number of amides is 1. The lowest BCUT2D eigenvalue weighted by molar-refractivity contribution is -0.0660. The molecule has 0 spiro atoms. The van der Waals surface area contributed by atoms with Crippen LogP contribution in [0.4, 0.5) is 4.79 Å². The molecular weight excluding hydrogens is 306 g/mol. The molecule has 0 saturated carbocycles. The lowest BCUT2D eigenvalue weighted by Gasteiger charge is -2.36. The SMILES string of the molecule is CC(C)(C)OC(=O)N1[C@H]([C@@H](O)/C=C\c2ccccc2)COC1(C)C. The fourth-order valence-electron chi connectivity index (χ4n) is 2.65. The molecule has 0 aromatic heterocycles. The number of carbonyl (C=O) groups is 1. The van der Waals surface area contributed by atoms with Crippen LogP contribution in [0.5, 0.6) is 0 Å². The standard InChI is InChI=1S/C19H27NO4/c1-18(2,3)24-17(22)20-15(13-23-19(20,4)5)16(21)12-11-14-9-7-6-8-10-14/h6-12,15-16,21H,13H2,1-5H3/b12-11-/t15-,16-/m0/s1. The van der Waals surface area contributed by atoms with Crippen LogP contribution in [0.2, 0.25) is 0 Å². The summed E-state index contributed by atoms with van der Waals surface area (Å²) in [5, 5.41) is 10.5. The van der Waals surface area contributed by atoms with Gasteiger partial charge in [0.1, 0.15) is 11.3 Å². The molecule has 24 heavy (non-hydrogen) atoms. The molecular formula is C19H27NO4. The Bertz CT molecular complexity index is 589. The fourth-order valence-corrected chi connectivity index (χ4v) is 2.65. The molecule has 1 fully saturated rings. The first-order valence-electron chi connectivity index (χ1n) is 8.18. The fraction of sp³-hybridized carbons (Fsp3) is 0.526. The molecule has 5 heteroatoms. The molecule has 5 nitrogen and oxygen atoms in total. The van der Waals surface area contributed by atoms with Gasteiger partial charge in [-0.3, -0.25) is 4.90 Å². The first kappa shape index (κ1) is 18.5. The van der Waals surface area contributed by atoms with E-state index in [1.807, 2.05) is 57.2 Å². The highest BCUT2D eigenvalue weighted by molar-refractivity contribution is 5.70. The largest absolute Gasteiger partial charge is 0.444 e. The topological polar surface area (TPSA) is 59.0 Å². The van der Waals surface area contributed by atoms with Gasteiger partial charge in [-0.05, 0) is 40.2 Å². The van der Waals surface area contributed by atoms with E-state index in [-0.39, 0.29) is 6.61 Å². The first-order valence-corrected chi connectivity index (χ1v) is 8.18. The number of hydrogen-bond donors (Lipinski definition) is 1.